The van der Waals surface area contributed by atoms with Gasteiger partial charge in [0.05, 0.1) is 0 Å². The number of carbonyl (C=O) groups is 2. The molecule has 0 fully saturated rings. The zero-order chi connectivity index (χ0) is 15.0. The van der Waals surface area contributed by atoms with Crippen molar-refractivity contribution in [3.8, 4) is 0 Å². The van der Waals surface area contributed by atoms with Gasteiger partial charge in [-0.15, -0.1) is 0 Å². The molecule has 0 saturated carbocycles. The highest BCUT2D eigenvalue weighted by Crippen LogP contribution is 2.37. The van der Waals surface area contributed by atoms with Gasteiger partial charge >= 0.3 is 12.0 Å². The van der Waals surface area contributed by atoms with Gasteiger partial charge in [-0.05, 0) is 25.0 Å². The minimum atomic E-state index is -0.882. The van der Waals surface area contributed by atoms with Crippen LogP contribution in [0.25, 0.3) is 0 Å². The van der Waals surface area contributed by atoms with Crippen LogP contribution in [0.5, 0.6) is 0 Å². The molecular weight excluding hydrogens is 268 g/mol. The summed E-state index contributed by atoms with van der Waals surface area (Å²) in [5.74, 6) is -1.51. The number of para-hydroxylation sites is 1. The molecule has 1 aromatic carbocycles. The number of amides is 2. The first-order valence-corrected chi connectivity index (χ1v) is 7.11. The predicted octanol–water partition coefficient (Wildman–Crippen LogP) is 2.45. The average molecular weight is 286 g/mol. The molecule has 2 heterocycles. The Morgan fingerprint density at radius 2 is 2.05 bits per heavy atom. The Morgan fingerprint density at radius 1 is 1.29 bits per heavy atom. The molecule has 5 heteroatoms. The minimum Gasteiger partial charge on any atom is -0.481 e. The number of rotatable bonds is 1. The maximum absolute atomic E-state index is 12.7. The Hall–Kier alpha value is -2.30. The lowest BCUT2D eigenvalue weighted by Gasteiger charge is -2.30. The second kappa shape index (κ2) is 5.24. The van der Waals surface area contributed by atoms with E-state index in [1.54, 1.807) is 15.9 Å². The molecule has 1 atom stereocenters. The van der Waals surface area contributed by atoms with E-state index in [4.69, 9.17) is 0 Å². The van der Waals surface area contributed by atoms with Crippen LogP contribution in [0.15, 0.2) is 35.9 Å². The molecule has 1 N–H and O–H groups in total. The van der Waals surface area contributed by atoms with Gasteiger partial charge in [0.1, 0.15) is 5.92 Å². The number of carbonyl (C=O) groups excluding carboxylic acids is 1. The second-order valence-electron chi connectivity index (χ2n) is 5.59. The smallest absolute Gasteiger partial charge is 0.324 e. The molecule has 0 radical (unpaired) electrons. The standard InChI is InChI=1S/C16H18N2O3/c1-11-6-8-17(9-7-11)16(21)18-10-13(15(19)20)12-4-2-3-5-14(12)18/h2-6,13H,7-10H2,1H3,(H,19,20). The number of carboxylic acids is 1. The lowest BCUT2D eigenvalue weighted by atomic mass is 10.0. The molecule has 3 rings (SSSR count). The topological polar surface area (TPSA) is 60.9 Å². The summed E-state index contributed by atoms with van der Waals surface area (Å²) in [4.78, 5) is 27.4. The van der Waals surface area contributed by atoms with E-state index < -0.39 is 11.9 Å². The van der Waals surface area contributed by atoms with Crippen LogP contribution in [0.1, 0.15) is 24.8 Å². The van der Waals surface area contributed by atoms with Crippen molar-refractivity contribution in [3.05, 3.63) is 41.5 Å². The first-order chi connectivity index (χ1) is 10.1. The fourth-order valence-electron chi connectivity index (χ4n) is 2.91. The lowest BCUT2D eigenvalue weighted by molar-refractivity contribution is -0.138. The SMILES string of the molecule is CC1=CCN(C(=O)N2CC(C(=O)O)c3ccccc32)CC1. The van der Waals surface area contributed by atoms with Gasteiger partial charge in [-0.3, -0.25) is 9.69 Å². The van der Waals surface area contributed by atoms with Gasteiger partial charge in [-0.1, -0.05) is 29.8 Å². The van der Waals surface area contributed by atoms with Crippen molar-refractivity contribution >= 4 is 17.7 Å². The number of carboxylic acid groups (broad SMARTS) is 1. The largest absolute Gasteiger partial charge is 0.481 e. The van der Waals surface area contributed by atoms with Crippen LogP contribution in [0, 0.1) is 0 Å². The van der Waals surface area contributed by atoms with E-state index in [0.29, 0.717) is 13.1 Å². The van der Waals surface area contributed by atoms with Gasteiger partial charge in [0.2, 0.25) is 0 Å². The zero-order valence-corrected chi connectivity index (χ0v) is 12.0. The monoisotopic (exact) mass is 286 g/mol. The first-order valence-electron chi connectivity index (χ1n) is 7.11. The summed E-state index contributed by atoms with van der Waals surface area (Å²) in [7, 11) is 0. The Kier molecular flexibility index (Phi) is 3.41. The van der Waals surface area contributed by atoms with Crippen LogP contribution in [0.3, 0.4) is 0 Å². The summed E-state index contributed by atoms with van der Waals surface area (Å²) in [5.41, 5.74) is 2.74. The van der Waals surface area contributed by atoms with Crippen LogP contribution < -0.4 is 4.90 Å². The number of anilines is 1. The van der Waals surface area contributed by atoms with E-state index >= 15 is 0 Å². The predicted molar refractivity (Wildman–Crippen MR) is 79.5 cm³/mol. The summed E-state index contributed by atoms with van der Waals surface area (Å²) < 4.78 is 0. The van der Waals surface area contributed by atoms with Crippen molar-refractivity contribution in [1.29, 1.82) is 0 Å². The van der Waals surface area contributed by atoms with E-state index in [9.17, 15) is 14.7 Å². The van der Waals surface area contributed by atoms with Crippen molar-refractivity contribution in [2.45, 2.75) is 19.3 Å². The van der Waals surface area contributed by atoms with Gasteiger partial charge < -0.3 is 10.0 Å². The highest BCUT2D eigenvalue weighted by atomic mass is 16.4. The molecule has 0 bridgehead atoms. The third kappa shape index (κ3) is 2.39. The van der Waals surface area contributed by atoms with Crippen molar-refractivity contribution in [1.82, 2.24) is 4.90 Å². The van der Waals surface area contributed by atoms with Gasteiger partial charge in [0.15, 0.2) is 0 Å². The van der Waals surface area contributed by atoms with E-state index in [0.717, 1.165) is 17.7 Å². The number of hydrogen-bond acceptors (Lipinski definition) is 2. The molecule has 1 unspecified atom stereocenters. The molecule has 2 aliphatic heterocycles. The average Bonchev–Trinajstić information content (AvgIpc) is 2.87. The molecular formula is C16H18N2O3. The Morgan fingerprint density at radius 3 is 2.71 bits per heavy atom. The number of fused-ring (bicyclic) bond motifs is 1. The molecule has 110 valence electrons. The highest BCUT2D eigenvalue weighted by Gasteiger charge is 2.37. The van der Waals surface area contributed by atoms with E-state index in [-0.39, 0.29) is 12.6 Å². The third-order valence-corrected chi connectivity index (χ3v) is 4.20. The van der Waals surface area contributed by atoms with Gasteiger partial charge in [-0.2, -0.15) is 0 Å². The Bertz CT molecular complexity index is 624. The van der Waals surface area contributed by atoms with E-state index in [1.807, 2.05) is 18.2 Å². The summed E-state index contributed by atoms with van der Waals surface area (Å²) in [6.45, 7) is 3.57. The van der Waals surface area contributed by atoms with Crippen molar-refractivity contribution < 1.29 is 14.7 Å². The van der Waals surface area contributed by atoms with Crippen LogP contribution in [0.4, 0.5) is 10.5 Å². The molecule has 0 aliphatic carbocycles. The fraction of sp³-hybridized carbons (Fsp3) is 0.375. The second-order valence-corrected chi connectivity index (χ2v) is 5.59. The maximum atomic E-state index is 12.7. The normalized spacial score (nSPS) is 21.0. The van der Waals surface area contributed by atoms with Crippen molar-refractivity contribution in [2.75, 3.05) is 24.5 Å². The van der Waals surface area contributed by atoms with Crippen LogP contribution in [-0.4, -0.2) is 41.6 Å². The van der Waals surface area contributed by atoms with Crippen molar-refractivity contribution in [3.63, 3.8) is 0 Å². The van der Waals surface area contributed by atoms with Crippen molar-refractivity contribution in [2.24, 2.45) is 0 Å². The van der Waals surface area contributed by atoms with Gasteiger partial charge in [-0.25, -0.2) is 4.79 Å². The number of benzene rings is 1. The number of hydrogen-bond donors (Lipinski definition) is 1. The minimum absolute atomic E-state index is 0.102. The first kappa shape index (κ1) is 13.7. The summed E-state index contributed by atoms with van der Waals surface area (Å²) in [6.07, 6.45) is 2.93. The summed E-state index contributed by atoms with van der Waals surface area (Å²) in [6, 6.07) is 7.16. The summed E-state index contributed by atoms with van der Waals surface area (Å²) in [5, 5.41) is 9.34. The molecule has 2 amide bonds. The molecule has 0 spiro atoms. The summed E-state index contributed by atoms with van der Waals surface area (Å²) >= 11 is 0. The Labute approximate surface area is 123 Å². The molecule has 0 saturated heterocycles. The molecule has 1 aromatic rings. The molecule has 21 heavy (non-hydrogen) atoms. The maximum Gasteiger partial charge on any atom is 0.324 e. The van der Waals surface area contributed by atoms with Gasteiger partial charge in [0, 0.05) is 25.3 Å². The fourth-order valence-corrected chi connectivity index (χ4v) is 2.91. The Balaban J connectivity index is 1.87. The zero-order valence-electron chi connectivity index (χ0n) is 12.0. The number of urea groups is 1. The molecule has 5 nitrogen and oxygen atoms in total. The quantitative estimate of drug-likeness (QED) is 0.807. The number of aliphatic carboxylic acids is 1. The van der Waals surface area contributed by atoms with Crippen LogP contribution in [-0.2, 0) is 4.79 Å². The van der Waals surface area contributed by atoms with Crippen LogP contribution >= 0.6 is 0 Å². The highest BCUT2D eigenvalue weighted by molar-refractivity contribution is 5.98. The van der Waals surface area contributed by atoms with Gasteiger partial charge in [0.25, 0.3) is 0 Å². The molecule has 2 aliphatic rings. The molecule has 0 aromatic heterocycles. The van der Waals surface area contributed by atoms with E-state index in [1.165, 1.54) is 5.57 Å². The number of nitrogens with zero attached hydrogens (tertiary/aromatic N) is 2. The lowest BCUT2D eigenvalue weighted by Crippen LogP contribution is -2.45. The third-order valence-electron chi connectivity index (χ3n) is 4.20. The van der Waals surface area contributed by atoms with E-state index in [2.05, 4.69) is 13.0 Å². The van der Waals surface area contributed by atoms with Crippen LogP contribution in [0.2, 0.25) is 0 Å².